The Morgan fingerprint density at radius 3 is 2.27 bits per heavy atom. The molecule has 0 aromatic rings. The molecule has 1 unspecified atom stereocenters. The first kappa shape index (κ1) is 9.57. The van der Waals surface area contributed by atoms with E-state index in [0.29, 0.717) is 0 Å². The van der Waals surface area contributed by atoms with Gasteiger partial charge in [-0.2, -0.15) is 0 Å². The Morgan fingerprint density at radius 2 is 1.73 bits per heavy atom. The van der Waals surface area contributed by atoms with Crippen molar-refractivity contribution in [2.45, 2.75) is 50.8 Å². The summed E-state index contributed by atoms with van der Waals surface area (Å²) < 4.78 is 0. The molecular weight excluding hydrogens is 200 g/mol. The van der Waals surface area contributed by atoms with E-state index >= 15 is 0 Å². The average Bonchev–Trinajstić information content (AvgIpc) is 2.04. The number of hydrogen-bond donors (Lipinski definition) is 0. The first-order chi connectivity index (χ1) is 5.27. The minimum Gasteiger partial charge on any atom is -0.0891 e. The molecule has 3 atom stereocenters. The molecule has 0 heterocycles. The third-order valence-electron chi connectivity index (χ3n) is 3.12. The lowest BCUT2D eigenvalue weighted by atomic mass is 9.76. The van der Waals surface area contributed by atoms with Gasteiger partial charge in [-0.1, -0.05) is 42.6 Å². The molecule has 66 valence electrons. The molecule has 0 nitrogen and oxygen atoms in total. The van der Waals surface area contributed by atoms with E-state index in [0.717, 1.165) is 16.7 Å². The fraction of sp³-hybridized carbons (Fsp3) is 1.00. The maximum atomic E-state index is 3.73. The van der Waals surface area contributed by atoms with Gasteiger partial charge in [-0.25, -0.2) is 0 Å². The van der Waals surface area contributed by atoms with Crippen LogP contribution in [0.1, 0.15) is 46.0 Å². The fourth-order valence-electron chi connectivity index (χ4n) is 2.31. The third-order valence-corrected chi connectivity index (χ3v) is 3.96. The van der Waals surface area contributed by atoms with Gasteiger partial charge in [0.15, 0.2) is 0 Å². The van der Waals surface area contributed by atoms with Crippen molar-refractivity contribution in [1.29, 1.82) is 0 Å². The van der Waals surface area contributed by atoms with Gasteiger partial charge in [0.25, 0.3) is 0 Å². The van der Waals surface area contributed by atoms with E-state index in [1.165, 1.54) is 32.1 Å². The summed E-state index contributed by atoms with van der Waals surface area (Å²) in [5, 5.41) is 0. The third kappa shape index (κ3) is 2.47. The summed E-state index contributed by atoms with van der Waals surface area (Å²) in [5.41, 5.74) is 0. The summed E-state index contributed by atoms with van der Waals surface area (Å²) in [4.78, 5) is 0.815. The van der Waals surface area contributed by atoms with Crippen LogP contribution in [-0.4, -0.2) is 4.83 Å². The van der Waals surface area contributed by atoms with Gasteiger partial charge in [0.2, 0.25) is 0 Å². The van der Waals surface area contributed by atoms with Crippen LogP contribution in [0.3, 0.4) is 0 Å². The zero-order valence-corrected chi connectivity index (χ0v) is 9.23. The molecule has 1 aliphatic carbocycles. The zero-order valence-electron chi connectivity index (χ0n) is 7.65. The van der Waals surface area contributed by atoms with Gasteiger partial charge in [0.05, 0.1) is 0 Å². The highest BCUT2D eigenvalue weighted by atomic mass is 79.9. The molecule has 11 heavy (non-hydrogen) atoms. The number of alkyl halides is 1. The maximum Gasteiger partial charge on any atom is 0.0148 e. The highest BCUT2D eigenvalue weighted by molar-refractivity contribution is 9.09. The number of hydrogen-bond acceptors (Lipinski definition) is 0. The molecule has 0 aliphatic heterocycles. The van der Waals surface area contributed by atoms with Gasteiger partial charge in [-0.3, -0.25) is 0 Å². The van der Waals surface area contributed by atoms with Crippen molar-refractivity contribution in [3.8, 4) is 0 Å². The predicted octanol–water partition coefficient (Wildman–Crippen LogP) is 3.99. The van der Waals surface area contributed by atoms with Crippen molar-refractivity contribution in [3.05, 3.63) is 0 Å². The van der Waals surface area contributed by atoms with Crippen molar-refractivity contribution >= 4 is 15.9 Å². The van der Waals surface area contributed by atoms with Gasteiger partial charge < -0.3 is 0 Å². The second-order valence-corrected chi connectivity index (χ2v) is 5.04. The van der Waals surface area contributed by atoms with Crippen molar-refractivity contribution in [1.82, 2.24) is 0 Å². The van der Waals surface area contributed by atoms with Crippen LogP contribution in [0, 0.1) is 11.8 Å². The summed E-state index contributed by atoms with van der Waals surface area (Å²) >= 11 is 3.73. The lowest BCUT2D eigenvalue weighted by Gasteiger charge is -2.32. The molecule has 1 heteroatoms. The molecule has 1 aliphatic rings. The largest absolute Gasteiger partial charge is 0.0891 e. The summed E-state index contributed by atoms with van der Waals surface area (Å²) in [6.45, 7) is 4.67. The second-order valence-electron chi connectivity index (χ2n) is 3.75. The Bertz CT molecular complexity index is 111. The van der Waals surface area contributed by atoms with Crippen molar-refractivity contribution < 1.29 is 0 Å². The summed E-state index contributed by atoms with van der Waals surface area (Å²) in [7, 11) is 0. The van der Waals surface area contributed by atoms with Crippen LogP contribution >= 0.6 is 15.9 Å². The van der Waals surface area contributed by atoms with Crippen LogP contribution in [0.2, 0.25) is 0 Å². The smallest absolute Gasteiger partial charge is 0.0148 e. The molecule has 1 fully saturated rings. The number of rotatable bonds is 2. The van der Waals surface area contributed by atoms with Crippen LogP contribution in [0.4, 0.5) is 0 Å². The quantitative estimate of drug-likeness (QED) is 0.616. The summed E-state index contributed by atoms with van der Waals surface area (Å²) in [6.07, 6.45) is 7.02. The first-order valence-electron chi connectivity index (χ1n) is 4.92. The van der Waals surface area contributed by atoms with E-state index in [1.807, 2.05) is 0 Å². The highest BCUT2D eigenvalue weighted by Gasteiger charge is 2.26. The van der Waals surface area contributed by atoms with Crippen LogP contribution in [-0.2, 0) is 0 Å². The van der Waals surface area contributed by atoms with Crippen LogP contribution in [0.15, 0.2) is 0 Å². The summed E-state index contributed by atoms with van der Waals surface area (Å²) in [6, 6.07) is 0. The van der Waals surface area contributed by atoms with Gasteiger partial charge in [-0.15, -0.1) is 0 Å². The molecule has 1 saturated carbocycles. The standard InChI is InChI=1S/C10H19Br/c1-3-8-5-6-10(11)7-9(8)4-2/h8-10H,3-7H2,1-2H3/t8-,9+,10?/m1/s1. The zero-order chi connectivity index (χ0) is 8.27. The lowest BCUT2D eigenvalue weighted by Crippen LogP contribution is -2.23. The van der Waals surface area contributed by atoms with Gasteiger partial charge in [0, 0.05) is 4.83 Å². The molecule has 0 spiro atoms. The molecule has 0 N–H and O–H groups in total. The SMILES string of the molecule is CC[C@@H]1CCC(Br)C[C@@H]1CC. The molecule has 0 bridgehead atoms. The van der Waals surface area contributed by atoms with E-state index in [2.05, 4.69) is 29.8 Å². The molecule has 0 saturated heterocycles. The minimum absolute atomic E-state index is 0.815. The monoisotopic (exact) mass is 218 g/mol. The first-order valence-corrected chi connectivity index (χ1v) is 5.83. The molecule has 0 amide bonds. The van der Waals surface area contributed by atoms with Crippen LogP contribution in [0.25, 0.3) is 0 Å². The fourth-order valence-corrected chi connectivity index (χ4v) is 3.05. The Labute approximate surface area is 78.9 Å². The molecule has 1 rings (SSSR count). The maximum absolute atomic E-state index is 3.73. The molecular formula is C10H19Br. The van der Waals surface area contributed by atoms with Crippen LogP contribution < -0.4 is 0 Å². The minimum atomic E-state index is 0.815. The van der Waals surface area contributed by atoms with Crippen molar-refractivity contribution in [2.75, 3.05) is 0 Å². The highest BCUT2D eigenvalue weighted by Crippen LogP contribution is 2.37. The van der Waals surface area contributed by atoms with Gasteiger partial charge in [-0.05, 0) is 31.1 Å². The van der Waals surface area contributed by atoms with E-state index in [4.69, 9.17) is 0 Å². The van der Waals surface area contributed by atoms with E-state index in [-0.39, 0.29) is 0 Å². The van der Waals surface area contributed by atoms with E-state index in [9.17, 15) is 0 Å². The van der Waals surface area contributed by atoms with E-state index in [1.54, 1.807) is 0 Å². The van der Waals surface area contributed by atoms with Crippen molar-refractivity contribution in [3.63, 3.8) is 0 Å². The van der Waals surface area contributed by atoms with E-state index < -0.39 is 0 Å². The molecule has 0 aromatic heterocycles. The van der Waals surface area contributed by atoms with Crippen molar-refractivity contribution in [2.24, 2.45) is 11.8 Å². The number of halogens is 1. The second kappa shape index (κ2) is 4.49. The Kier molecular flexibility index (Phi) is 3.91. The van der Waals surface area contributed by atoms with Gasteiger partial charge in [0.1, 0.15) is 0 Å². The summed E-state index contributed by atoms with van der Waals surface area (Å²) in [5.74, 6) is 2.02. The predicted molar refractivity (Wildman–Crippen MR) is 54.1 cm³/mol. The normalized spacial score (nSPS) is 39.0. The Hall–Kier alpha value is 0.480. The van der Waals surface area contributed by atoms with Gasteiger partial charge >= 0.3 is 0 Å². The lowest BCUT2D eigenvalue weighted by molar-refractivity contribution is 0.231. The van der Waals surface area contributed by atoms with Crippen LogP contribution in [0.5, 0.6) is 0 Å². The molecule has 0 radical (unpaired) electrons. The Balaban J connectivity index is 2.41. The Morgan fingerprint density at radius 1 is 1.09 bits per heavy atom. The molecule has 0 aromatic carbocycles. The average molecular weight is 219 g/mol. The topological polar surface area (TPSA) is 0 Å².